The fourth-order valence-corrected chi connectivity index (χ4v) is 10.9. The third-order valence-corrected chi connectivity index (χ3v) is 16.1. The number of anilines is 1. The molecule has 0 saturated heterocycles. The zero-order chi connectivity index (χ0) is 52.5. The zero-order valence-corrected chi connectivity index (χ0v) is 37.0. The first-order valence-electron chi connectivity index (χ1n) is 19.9. The van der Waals surface area contributed by atoms with Crippen molar-refractivity contribution in [1.29, 1.82) is 0 Å². The number of amides is 1. The van der Waals surface area contributed by atoms with E-state index in [9.17, 15) is 93.0 Å². The van der Waals surface area contributed by atoms with Gasteiger partial charge in [-0.3, -0.25) is 5.32 Å². The van der Waals surface area contributed by atoms with Crippen molar-refractivity contribution in [3.8, 4) is 5.75 Å². The highest BCUT2D eigenvalue weighted by Crippen LogP contribution is 2.64. The molecule has 27 heteroatoms. The number of hydrogen-bond donors (Lipinski definition) is 1. The smallest absolute Gasteiger partial charge is 0.460 e. The molecule has 2 aromatic carbocycles. The van der Waals surface area contributed by atoms with Crippen LogP contribution in [0.3, 0.4) is 0 Å². The van der Waals surface area contributed by atoms with Gasteiger partial charge in [-0.05, 0) is 66.2 Å². The minimum absolute atomic E-state index is 0.0353. The Morgan fingerprint density at radius 2 is 1.25 bits per heavy atom. The number of esters is 1. The molecule has 0 aliphatic rings. The van der Waals surface area contributed by atoms with Gasteiger partial charge in [-0.2, -0.15) is 74.6 Å². The third-order valence-electron chi connectivity index (χ3n) is 10.4. The van der Waals surface area contributed by atoms with Gasteiger partial charge < -0.3 is 18.6 Å². The number of unbranched alkanes of at least 4 members (excludes halogenated alkanes) is 1. The number of benzene rings is 2. The highest BCUT2D eigenvalue weighted by Gasteiger charge is 2.95. The van der Waals surface area contributed by atoms with E-state index in [1.165, 1.54) is 64.1 Å². The summed E-state index contributed by atoms with van der Waals surface area (Å²) in [6.07, 6.45) is -8.00. The summed E-state index contributed by atoms with van der Waals surface area (Å²) in [6, 6.07) is 6.41. The Balaban J connectivity index is 2.27. The quantitative estimate of drug-likeness (QED) is 0.0252. The number of nitrogens with one attached hydrogen (secondary N) is 1. The van der Waals surface area contributed by atoms with Gasteiger partial charge in [-0.15, -0.1) is 0 Å². The van der Waals surface area contributed by atoms with Crippen LogP contribution in [0.4, 0.5) is 93.9 Å². The van der Waals surface area contributed by atoms with Crippen LogP contribution in [0.15, 0.2) is 67.3 Å². The Bertz CT molecular complexity index is 2020. The molecular formula is C41H44F19NO6Si. The van der Waals surface area contributed by atoms with Crippen LogP contribution in [0.2, 0.25) is 17.1 Å². The van der Waals surface area contributed by atoms with Crippen molar-refractivity contribution in [2.45, 2.75) is 124 Å². The molecule has 1 amide bonds. The van der Waals surface area contributed by atoms with E-state index in [2.05, 4.69) is 11.9 Å². The molecule has 0 heterocycles. The summed E-state index contributed by atoms with van der Waals surface area (Å²) in [5, 5.41) is 2.13. The molecule has 0 bridgehead atoms. The number of rotatable bonds is 26. The molecule has 1 N–H and O–H groups in total. The van der Waals surface area contributed by atoms with Gasteiger partial charge in [-0.25, -0.2) is 18.4 Å². The number of allylic oxidation sites excluding steroid dienone is 1. The fourth-order valence-electron chi connectivity index (χ4n) is 6.47. The summed E-state index contributed by atoms with van der Waals surface area (Å²) >= 11 is 0. The van der Waals surface area contributed by atoms with Crippen molar-refractivity contribution in [1.82, 2.24) is 0 Å². The van der Waals surface area contributed by atoms with Gasteiger partial charge in [0.15, 0.2) is 8.32 Å². The van der Waals surface area contributed by atoms with E-state index in [1.807, 2.05) is 0 Å². The molecule has 2 rings (SSSR count). The molecule has 0 saturated carbocycles. The van der Waals surface area contributed by atoms with Gasteiger partial charge in [0.05, 0.1) is 12.3 Å². The molecule has 0 aromatic heterocycles. The molecular weight excluding hydrogens is 992 g/mol. The van der Waals surface area contributed by atoms with E-state index in [0.717, 1.165) is 18.2 Å². The lowest BCUT2D eigenvalue weighted by atomic mass is 9.88. The monoisotopic (exact) mass is 1040 g/mol. The average Bonchev–Trinajstić information content (AvgIpc) is 3.22. The van der Waals surface area contributed by atoms with Crippen LogP contribution in [0.25, 0.3) is 0 Å². The lowest BCUT2D eigenvalue weighted by molar-refractivity contribution is -0.461. The number of hydrogen-bond acceptors (Lipinski definition) is 6. The standard InChI is InChI=1S/C41H44F19NO6Si/c1-6-19-65-32(62)11-9-7-8-10-31(67-33(63)61-30-17-14-27(42)23-29(30)43)26-12-15-28(16-13-26)64-20-21-66-68(24(2)3,25(4)5)22-18-34(44,45)35(46,47)36(48,49)37(50,51)38(52,53)39(54,55)40(56,57)41(58,59)60/h6,9,11-17,23-25,31H,1,7-8,10,18-22H2,2-5H3,(H,61,63)/b11-9+/t31-/m1/s1. The van der Waals surface area contributed by atoms with Crippen LogP contribution >= 0.6 is 0 Å². The van der Waals surface area contributed by atoms with Crippen molar-refractivity contribution < 1.29 is 112 Å². The molecule has 68 heavy (non-hydrogen) atoms. The largest absolute Gasteiger partial charge is 0.491 e. The summed E-state index contributed by atoms with van der Waals surface area (Å²) in [4.78, 5) is 24.4. The molecule has 1 atom stereocenters. The van der Waals surface area contributed by atoms with Crippen LogP contribution in [0.1, 0.15) is 65.0 Å². The molecule has 7 nitrogen and oxygen atoms in total. The Morgan fingerprint density at radius 1 is 0.721 bits per heavy atom. The van der Waals surface area contributed by atoms with Gasteiger partial charge in [-0.1, -0.05) is 58.6 Å². The normalized spacial score (nSPS) is 14.4. The van der Waals surface area contributed by atoms with E-state index in [4.69, 9.17) is 18.6 Å². The highest BCUT2D eigenvalue weighted by molar-refractivity contribution is 6.76. The number of alkyl halides is 17. The Labute approximate surface area is 377 Å². The zero-order valence-electron chi connectivity index (χ0n) is 36.0. The third kappa shape index (κ3) is 12.7. The SMILES string of the molecule is C=CCOC(=O)/C=C/CCC[C@@H](OC(=O)Nc1ccc(F)cc1F)c1ccc(OCCO[Si](CCC(F)(F)C(F)(F)C(F)(F)C(F)(F)C(F)(F)C(F)(F)C(F)(F)C(F)(F)F)(C(C)C)C(C)C)cc1. The van der Waals surface area contributed by atoms with E-state index >= 15 is 0 Å². The topological polar surface area (TPSA) is 83.1 Å². The minimum atomic E-state index is -8.72. The first-order valence-corrected chi connectivity index (χ1v) is 22.1. The van der Waals surface area contributed by atoms with Crippen LogP contribution in [0.5, 0.6) is 5.75 Å². The van der Waals surface area contributed by atoms with E-state index in [1.54, 1.807) is 0 Å². The van der Waals surface area contributed by atoms with Gasteiger partial charge in [0, 0.05) is 18.6 Å². The van der Waals surface area contributed by atoms with Crippen molar-refractivity contribution in [3.05, 3.63) is 84.5 Å². The number of carbonyl (C=O) groups is 2. The first kappa shape index (κ1) is 59.4. The van der Waals surface area contributed by atoms with Crippen molar-refractivity contribution in [2.24, 2.45) is 0 Å². The second-order valence-electron chi connectivity index (χ2n) is 15.6. The molecule has 0 unspecified atom stereocenters. The Hall–Kier alpha value is -4.69. The Morgan fingerprint density at radius 3 is 1.75 bits per heavy atom. The van der Waals surface area contributed by atoms with Crippen molar-refractivity contribution in [3.63, 3.8) is 0 Å². The maximum Gasteiger partial charge on any atom is 0.460 e. The van der Waals surface area contributed by atoms with Crippen molar-refractivity contribution in [2.75, 3.05) is 25.1 Å². The second-order valence-corrected chi connectivity index (χ2v) is 20.6. The Kier molecular flexibility index (Phi) is 19.6. The highest BCUT2D eigenvalue weighted by atomic mass is 28.4. The predicted molar refractivity (Wildman–Crippen MR) is 207 cm³/mol. The lowest BCUT2D eigenvalue weighted by Crippen LogP contribution is -2.74. The summed E-state index contributed by atoms with van der Waals surface area (Å²) in [5.74, 6) is -59.6. The lowest BCUT2D eigenvalue weighted by Gasteiger charge is -2.44. The van der Waals surface area contributed by atoms with Gasteiger partial charge >= 0.3 is 59.7 Å². The average molecular weight is 1040 g/mol. The molecule has 0 radical (unpaired) electrons. The summed E-state index contributed by atoms with van der Waals surface area (Å²) in [6.45, 7) is 7.49. The van der Waals surface area contributed by atoms with E-state index in [0.29, 0.717) is 18.1 Å². The van der Waals surface area contributed by atoms with Gasteiger partial charge in [0.1, 0.15) is 36.7 Å². The number of ether oxygens (including phenoxy) is 3. The number of halogens is 19. The van der Waals surface area contributed by atoms with Crippen LogP contribution < -0.4 is 10.1 Å². The van der Waals surface area contributed by atoms with Crippen LogP contribution in [0, 0.1) is 11.6 Å². The first-order chi connectivity index (χ1) is 30.9. The molecule has 2 aromatic rings. The summed E-state index contributed by atoms with van der Waals surface area (Å²) in [7, 11) is -4.05. The minimum Gasteiger partial charge on any atom is -0.491 e. The van der Waals surface area contributed by atoms with E-state index < -0.39 is 128 Å². The maximum absolute atomic E-state index is 15.0. The molecule has 0 fully saturated rings. The van der Waals surface area contributed by atoms with Crippen molar-refractivity contribution >= 4 is 26.1 Å². The van der Waals surface area contributed by atoms with Gasteiger partial charge in [0.2, 0.25) is 0 Å². The molecule has 0 aliphatic heterocycles. The second kappa shape index (κ2) is 22.4. The van der Waals surface area contributed by atoms with Crippen LogP contribution in [-0.4, -0.2) is 87.8 Å². The molecule has 0 aliphatic carbocycles. The molecule has 0 spiro atoms. The number of carbonyl (C=O) groups excluding carboxylic acids is 2. The fraction of sp³-hybridized carbons (Fsp3) is 0.561. The predicted octanol–water partition coefficient (Wildman–Crippen LogP) is 14.3. The molecule has 386 valence electrons. The summed E-state index contributed by atoms with van der Waals surface area (Å²) < 4.78 is 285. The summed E-state index contributed by atoms with van der Waals surface area (Å²) in [5.41, 5.74) is -1.94. The van der Waals surface area contributed by atoms with Crippen LogP contribution in [-0.2, 0) is 18.7 Å². The van der Waals surface area contributed by atoms with Gasteiger partial charge in [0.25, 0.3) is 0 Å². The maximum atomic E-state index is 15.0. The van der Waals surface area contributed by atoms with E-state index in [-0.39, 0.29) is 25.2 Å².